The Bertz CT molecular complexity index is 1180. The van der Waals surface area contributed by atoms with Gasteiger partial charge in [0, 0.05) is 23.4 Å². The monoisotopic (exact) mass is 427 g/mol. The third-order valence-electron chi connectivity index (χ3n) is 4.48. The highest BCUT2D eigenvalue weighted by Gasteiger charge is 2.26. The smallest absolute Gasteiger partial charge is 0.267 e. The molecule has 1 aromatic carbocycles. The lowest BCUT2D eigenvalue weighted by Crippen LogP contribution is -2.35. The van der Waals surface area contributed by atoms with E-state index in [1.54, 1.807) is 18.2 Å². The number of aromatic nitrogens is 3. The maximum atomic E-state index is 12.9. The molecule has 0 bridgehead atoms. The van der Waals surface area contributed by atoms with Gasteiger partial charge in [0.2, 0.25) is 0 Å². The first-order chi connectivity index (χ1) is 13.7. The molecule has 1 aliphatic rings. The molecule has 0 unspecified atom stereocenters. The van der Waals surface area contributed by atoms with Gasteiger partial charge in [-0.05, 0) is 29.6 Å². The molecule has 0 radical (unpaired) electrons. The molecule has 0 atom stereocenters. The zero-order chi connectivity index (χ0) is 19.1. The summed E-state index contributed by atoms with van der Waals surface area (Å²) in [6.07, 6.45) is 0.674. The Kier molecular flexibility index (Phi) is 4.38. The number of thiazole rings is 1. The first kappa shape index (κ1) is 17.4. The summed E-state index contributed by atoms with van der Waals surface area (Å²) in [5, 5.41) is 5.30. The van der Waals surface area contributed by atoms with Crippen molar-refractivity contribution < 1.29 is 9.59 Å². The van der Waals surface area contributed by atoms with Crippen LogP contribution in [0.4, 0.5) is 5.13 Å². The minimum Gasteiger partial charge on any atom is -0.333 e. The van der Waals surface area contributed by atoms with Gasteiger partial charge in [0.15, 0.2) is 5.13 Å². The number of benzene rings is 1. The molecule has 3 aromatic heterocycles. The second-order valence-corrected chi connectivity index (χ2v) is 8.82. The molecule has 140 valence electrons. The number of rotatable bonds is 3. The summed E-state index contributed by atoms with van der Waals surface area (Å²) < 4.78 is 8.38. The van der Waals surface area contributed by atoms with Crippen LogP contribution in [0.1, 0.15) is 30.6 Å². The Labute approximate surface area is 172 Å². The van der Waals surface area contributed by atoms with Crippen LogP contribution in [0.3, 0.4) is 0 Å². The van der Waals surface area contributed by atoms with Crippen LogP contribution in [0.5, 0.6) is 0 Å². The third-order valence-corrected chi connectivity index (χ3v) is 6.91. The van der Waals surface area contributed by atoms with Crippen LogP contribution in [0.2, 0.25) is 0 Å². The van der Waals surface area contributed by atoms with Gasteiger partial charge in [-0.3, -0.25) is 14.9 Å². The number of hydrogen-bond acceptors (Lipinski definition) is 8. The van der Waals surface area contributed by atoms with Crippen molar-refractivity contribution >= 4 is 62.4 Å². The first-order valence-electron chi connectivity index (χ1n) is 8.52. The minimum absolute atomic E-state index is 0.0295. The Morgan fingerprint density at radius 1 is 1.14 bits per heavy atom. The molecule has 0 saturated carbocycles. The predicted molar refractivity (Wildman–Crippen MR) is 110 cm³/mol. The molecule has 0 aliphatic carbocycles. The van der Waals surface area contributed by atoms with Crippen molar-refractivity contribution in [2.24, 2.45) is 0 Å². The highest BCUT2D eigenvalue weighted by Crippen LogP contribution is 2.30. The van der Waals surface area contributed by atoms with Crippen LogP contribution < -0.4 is 5.32 Å². The molecule has 7 nitrogen and oxygen atoms in total. The molecule has 5 rings (SSSR count). The average molecular weight is 428 g/mol. The first-order valence-corrected chi connectivity index (χ1v) is 10.9. The Balaban J connectivity index is 1.32. The van der Waals surface area contributed by atoms with Gasteiger partial charge in [0.1, 0.15) is 11.0 Å². The second-order valence-electron chi connectivity index (χ2n) is 6.26. The fourth-order valence-electron chi connectivity index (χ4n) is 3.09. The topological polar surface area (TPSA) is 88.1 Å². The van der Waals surface area contributed by atoms with E-state index in [1.165, 1.54) is 22.7 Å². The number of anilines is 1. The minimum atomic E-state index is -0.154. The molecular weight excluding hydrogens is 414 g/mol. The van der Waals surface area contributed by atoms with Crippen molar-refractivity contribution in [2.75, 3.05) is 11.9 Å². The lowest BCUT2D eigenvalue weighted by atomic mass is 10.1. The summed E-state index contributed by atoms with van der Waals surface area (Å²) in [5.74, 6) is -0.183. The highest BCUT2D eigenvalue weighted by molar-refractivity contribution is 7.16. The quantitative estimate of drug-likeness (QED) is 0.539. The third kappa shape index (κ3) is 3.19. The van der Waals surface area contributed by atoms with E-state index in [0.717, 1.165) is 33.3 Å². The molecule has 0 saturated heterocycles. The largest absolute Gasteiger partial charge is 0.333 e. The summed E-state index contributed by atoms with van der Waals surface area (Å²) in [6.45, 7) is 1.09. The summed E-state index contributed by atoms with van der Waals surface area (Å²) in [4.78, 5) is 33.1. The van der Waals surface area contributed by atoms with Gasteiger partial charge in [-0.15, -0.1) is 11.3 Å². The van der Waals surface area contributed by atoms with Crippen molar-refractivity contribution in [3.05, 3.63) is 56.7 Å². The Morgan fingerprint density at radius 2 is 2.04 bits per heavy atom. The van der Waals surface area contributed by atoms with E-state index in [0.29, 0.717) is 35.1 Å². The molecule has 2 amide bonds. The van der Waals surface area contributed by atoms with Crippen LogP contribution in [-0.4, -0.2) is 37.0 Å². The van der Waals surface area contributed by atoms with Gasteiger partial charge in [0.25, 0.3) is 11.8 Å². The van der Waals surface area contributed by atoms with Crippen molar-refractivity contribution in [3.63, 3.8) is 0 Å². The van der Waals surface area contributed by atoms with Crippen LogP contribution in [-0.2, 0) is 13.0 Å². The van der Waals surface area contributed by atoms with Gasteiger partial charge in [-0.2, -0.15) is 8.75 Å². The van der Waals surface area contributed by atoms with E-state index in [2.05, 4.69) is 19.0 Å². The van der Waals surface area contributed by atoms with E-state index in [4.69, 9.17) is 0 Å². The average Bonchev–Trinajstić information content (AvgIpc) is 3.45. The maximum Gasteiger partial charge on any atom is 0.267 e. The molecule has 1 aliphatic heterocycles. The number of carbonyl (C=O) groups excluding carboxylic acids is 2. The van der Waals surface area contributed by atoms with Crippen molar-refractivity contribution in [1.29, 1.82) is 0 Å². The number of thiophene rings is 1. The molecule has 28 heavy (non-hydrogen) atoms. The number of nitrogens with one attached hydrogen (secondary N) is 1. The fourth-order valence-corrected chi connectivity index (χ4v) is 5.24. The number of fused-ring (bicyclic) bond motifs is 2. The summed E-state index contributed by atoms with van der Waals surface area (Å²) in [7, 11) is 0. The van der Waals surface area contributed by atoms with Gasteiger partial charge in [-0.1, -0.05) is 17.4 Å². The van der Waals surface area contributed by atoms with Gasteiger partial charge in [-0.25, -0.2) is 4.98 Å². The van der Waals surface area contributed by atoms with E-state index in [1.807, 2.05) is 22.4 Å². The van der Waals surface area contributed by atoms with Gasteiger partial charge >= 0.3 is 0 Å². The molecule has 0 spiro atoms. The summed E-state index contributed by atoms with van der Waals surface area (Å²) >= 11 is 3.96. The Morgan fingerprint density at radius 3 is 2.89 bits per heavy atom. The van der Waals surface area contributed by atoms with Crippen molar-refractivity contribution in [1.82, 2.24) is 18.6 Å². The number of carbonyl (C=O) groups is 2. The second kappa shape index (κ2) is 7.04. The van der Waals surface area contributed by atoms with Crippen LogP contribution in [0, 0.1) is 0 Å². The molecular formula is C18H13N5O2S3. The van der Waals surface area contributed by atoms with E-state index in [9.17, 15) is 9.59 Å². The summed E-state index contributed by atoms with van der Waals surface area (Å²) in [6, 6.07) is 9.03. The number of amides is 2. The SMILES string of the molecule is O=C(Nc1nc2c(s1)CN(C(=O)c1ccc3nsnc3c1)CC2)c1cccs1. The van der Waals surface area contributed by atoms with Crippen LogP contribution in [0.15, 0.2) is 35.7 Å². The lowest BCUT2D eigenvalue weighted by molar-refractivity contribution is 0.0736. The van der Waals surface area contributed by atoms with Crippen LogP contribution >= 0.6 is 34.4 Å². The van der Waals surface area contributed by atoms with Crippen LogP contribution in [0.25, 0.3) is 11.0 Å². The van der Waals surface area contributed by atoms with E-state index < -0.39 is 0 Å². The maximum absolute atomic E-state index is 12.9. The fraction of sp³-hybridized carbons (Fsp3) is 0.167. The number of hydrogen-bond donors (Lipinski definition) is 1. The van der Waals surface area contributed by atoms with Crippen molar-refractivity contribution in [3.8, 4) is 0 Å². The lowest BCUT2D eigenvalue weighted by Gasteiger charge is -2.26. The molecule has 10 heteroatoms. The Hall–Kier alpha value is -2.69. The predicted octanol–water partition coefficient (Wildman–Crippen LogP) is 3.66. The highest BCUT2D eigenvalue weighted by atomic mass is 32.1. The number of nitrogens with zero attached hydrogens (tertiary/aromatic N) is 4. The molecule has 4 heterocycles. The van der Waals surface area contributed by atoms with E-state index >= 15 is 0 Å². The zero-order valence-electron chi connectivity index (χ0n) is 14.4. The standard InChI is InChI=1S/C18H13N5O2S3/c24-16(14-2-1-7-26-14)20-18-19-12-5-6-23(9-15(12)27-18)17(25)10-3-4-11-13(8-10)22-28-21-11/h1-4,7-8H,5-6,9H2,(H,19,20,24). The summed E-state index contributed by atoms with van der Waals surface area (Å²) in [5.41, 5.74) is 3.11. The molecule has 1 N–H and O–H groups in total. The normalized spacial score (nSPS) is 13.5. The van der Waals surface area contributed by atoms with Gasteiger partial charge < -0.3 is 4.90 Å². The molecule has 4 aromatic rings. The van der Waals surface area contributed by atoms with Crippen molar-refractivity contribution in [2.45, 2.75) is 13.0 Å². The zero-order valence-corrected chi connectivity index (χ0v) is 16.9. The van der Waals surface area contributed by atoms with Gasteiger partial charge in [0.05, 0.1) is 28.8 Å². The molecule has 0 fully saturated rings. The van der Waals surface area contributed by atoms with E-state index in [-0.39, 0.29) is 11.8 Å².